The van der Waals surface area contributed by atoms with Crippen LogP contribution in [0.2, 0.25) is 0 Å². The summed E-state index contributed by atoms with van der Waals surface area (Å²) in [5.74, 6) is 0. The zero-order valence-corrected chi connectivity index (χ0v) is 14.0. The smallest absolute Gasteiger partial charge is 0.267 e. The van der Waals surface area contributed by atoms with Crippen LogP contribution >= 0.6 is 11.3 Å². The van der Waals surface area contributed by atoms with Gasteiger partial charge in [0.1, 0.15) is 22.5 Å². The maximum absolute atomic E-state index is 13.0. The van der Waals surface area contributed by atoms with Crippen LogP contribution in [0.4, 0.5) is 0 Å². The van der Waals surface area contributed by atoms with E-state index in [9.17, 15) is 15.3 Å². The van der Waals surface area contributed by atoms with E-state index in [0.29, 0.717) is 27.0 Å². The van der Waals surface area contributed by atoms with E-state index >= 15 is 0 Å². The van der Waals surface area contributed by atoms with E-state index in [1.165, 1.54) is 15.7 Å². The highest BCUT2D eigenvalue weighted by atomic mass is 32.1. The molecule has 4 rings (SSSR count). The first kappa shape index (κ1) is 15.6. The van der Waals surface area contributed by atoms with Crippen molar-refractivity contribution in [1.29, 1.82) is 15.8 Å². The van der Waals surface area contributed by atoms with Crippen LogP contribution in [0, 0.1) is 34.0 Å². The lowest BCUT2D eigenvalue weighted by atomic mass is 9.96. The van der Waals surface area contributed by atoms with Gasteiger partial charge < -0.3 is 0 Å². The van der Waals surface area contributed by atoms with E-state index in [1.54, 1.807) is 30.3 Å². The number of nitriles is 3. The van der Waals surface area contributed by atoms with E-state index in [-0.39, 0.29) is 11.1 Å². The quantitative estimate of drug-likeness (QED) is 0.521. The molecule has 4 aromatic rings. The number of hydrogen-bond donors (Lipinski definition) is 0. The summed E-state index contributed by atoms with van der Waals surface area (Å²) in [6.07, 6.45) is 0. The van der Waals surface area contributed by atoms with Crippen molar-refractivity contribution in [1.82, 2.24) is 4.40 Å². The molecular weight excluding hydrogens is 344 g/mol. The van der Waals surface area contributed by atoms with E-state index < -0.39 is 5.56 Å². The summed E-state index contributed by atoms with van der Waals surface area (Å²) in [7, 11) is 0. The van der Waals surface area contributed by atoms with Crippen LogP contribution in [-0.4, -0.2) is 4.40 Å². The Balaban J connectivity index is 2.22. The predicted molar refractivity (Wildman–Crippen MR) is 98.6 cm³/mol. The van der Waals surface area contributed by atoms with Gasteiger partial charge in [-0.25, -0.2) is 0 Å². The fraction of sp³-hybridized carbons (Fsp3) is 0. The second-order valence-corrected chi connectivity index (χ2v) is 6.58. The molecule has 0 bridgehead atoms. The van der Waals surface area contributed by atoms with Crippen LogP contribution in [0.1, 0.15) is 16.7 Å². The molecule has 0 aliphatic rings. The van der Waals surface area contributed by atoms with Crippen molar-refractivity contribution in [2.45, 2.75) is 0 Å². The topological polar surface area (TPSA) is 92.8 Å². The lowest BCUT2D eigenvalue weighted by Crippen LogP contribution is -2.18. The van der Waals surface area contributed by atoms with Gasteiger partial charge in [-0.1, -0.05) is 24.3 Å². The highest BCUT2D eigenvalue weighted by molar-refractivity contribution is 7.24. The van der Waals surface area contributed by atoms with E-state index in [2.05, 4.69) is 6.07 Å². The van der Waals surface area contributed by atoms with Crippen molar-refractivity contribution in [2.75, 3.05) is 0 Å². The number of aromatic nitrogens is 1. The Morgan fingerprint density at radius 1 is 0.846 bits per heavy atom. The zero-order chi connectivity index (χ0) is 18.3. The number of thiazole rings is 1. The third-order valence-electron chi connectivity index (χ3n) is 4.17. The summed E-state index contributed by atoms with van der Waals surface area (Å²) < 4.78 is 2.30. The summed E-state index contributed by atoms with van der Waals surface area (Å²) in [6.45, 7) is 0. The van der Waals surface area contributed by atoms with Gasteiger partial charge in [-0.3, -0.25) is 9.20 Å². The van der Waals surface area contributed by atoms with E-state index in [4.69, 9.17) is 5.26 Å². The van der Waals surface area contributed by atoms with Gasteiger partial charge in [0.05, 0.1) is 27.4 Å². The summed E-state index contributed by atoms with van der Waals surface area (Å²) in [5, 5.41) is 28.4. The Bertz CT molecular complexity index is 1370. The Hall–Kier alpha value is -3.92. The Kier molecular flexibility index (Phi) is 3.52. The second-order valence-electron chi connectivity index (χ2n) is 5.55. The molecule has 0 saturated carbocycles. The highest BCUT2D eigenvalue weighted by Gasteiger charge is 2.22. The highest BCUT2D eigenvalue weighted by Crippen LogP contribution is 2.34. The molecule has 0 unspecified atom stereocenters. The van der Waals surface area contributed by atoms with Crippen molar-refractivity contribution in [2.24, 2.45) is 0 Å². The number of fused-ring (bicyclic) bond motifs is 3. The van der Waals surface area contributed by atoms with Crippen LogP contribution < -0.4 is 5.56 Å². The average Bonchev–Trinajstić information content (AvgIpc) is 3.07. The third kappa shape index (κ3) is 2.09. The molecule has 0 aliphatic carbocycles. The summed E-state index contributed by atoms with van der Waals surface area (Å²) in [5.41, 5.74) is 1.78. The van der Waals surface area contributed by atoms with Gasteiger partial charge in [0.25, 0.3) is 5.56 Å². The largest absolute Gasteiger partial charge is 0.274 e. The minimum absolute atomic E-state index is 0.0766. The minimum Gasteiger partial charge on any atom is -0.267 e. The second kappa shape index (κ2) is 5.86. The maximum Gasteiger partial charge on any atom is 0.274 e. The van der Waals surface area contributed by atoms with E-state index in [0.717, 1.165) is 4.70 Å². The molecule has 120 valence electrons. The number of nitrogens with zero attached hydrogens (tertiary/aromatic N) is 4. The number of benzene rings is 2. The van der Waals surface area contributed by atoms with Crippen molar-refractivity contribution in [3.05, 3.63) is 75.6 Å². The lowest BCUT2D eigenvalue weighted by Gasteiger charge is -2.08. The molecule has 2 aromatic heterocycles. The monoisotopic (exact) mass is 352 g/mol. The summed E-state index contributed by atoms with van der Waals surface area (Å²) in [6, 6.07) is 20.0. The van der Waals surface area contributed by atoms with Gasteiger partial charge >= 0.3 is 0 Å². The molecule has 0 amide bonds. The standard InChI is InChI=1S/C20H8N4OS/c21-9-12-5-7-13(8-6-12)18-14(10-22)19(25)24-16-3-1-2-4-17(16)26-20(24)15(18)11-23/h1-8H. The first-order chi connectivity index (χ1) is 12.7. The number of rotatable bonds is 1. The third-order valence-corrected chi connectivity index (χ3v) is 5.32. The average molecular weight is 352 g/mol. The molecule has 0 fully saturated rings. The Labute approximate surface area is 151 Å². The molecule has 0 aliphatic heterocycles. The molecular formula is C20H8N4OS. The Morgan fingerprint density at radius 3 is 2.19 bits per heavy atom. The number of para-hydroxylation sites is 1. The van der Waals surface area contributed by atoms with Crippen molar-refractivity contribution >= 4 is 26.4 Å². The van der Waals surface area contributed by atoms with Crippen molar-refractivity contribution < 1.29 is 0 Å². The van der Waals surface area contributed by atoms with Gasteiger partial charge in [0.2, 0.25) is 0 Å². The van der Waals surface area contributed by atoms with Gasteiger partial charge in [0.15, 0.2) is 0 Å². The van der Waals surface area contributed by atoms with Crippen LogP contribution in [0.25, 0.3) is 26.2 Å². The van der Waals surface area contributed by atoms with Gasteiger partial charge in [-0.15, -0.1) is 11.3 Å². The fourth-order valence-electron chi connectivity index (χ4n) is 3.01. The molecule has 26 heavy (non-hydrogen) atoms. The molecule has 2 heterocycles. The van der Waals surface area contributed by atoms with Gasteiger partial charge in [-0.2, -0.15) is 15.8 Å². The normalized spacial score (nSPS) is 10.3. The van der Waals surface area contributed by atoms with Gasteiger partial charge in [0, 0.05) is 5.56 Å². The SMILES string of the molecule is N#Cc1ccc(-c2c(C#N)c(=O)n3c(sc4ccccc43)c2C#N)cc1. The molecule has 0 atom stereocenters. The molecule has 5 nitrogen and oxygen atoms in total. The molecule has 2 aromatic carbocycles. The molecule has 0 spiro atoms. The first-order valence-electron chi connectivity index (χ1n) is 7.60. The molecule has 0 saturated heterocycles. The minimum atomic E-state index is -0.446. The van der Waals surface area contributed by atoms with Crippen molar-refractivity contribution in [3.8, 4) is 29.3 Å². The molecule has 6 heteroatoms. The molecule has 0 radical (unpaired) electrons. The maximum atomic E-state index is 13.0. The fourth-order valence-corrected chi connectivity index (χ4v) is 4.15. The van der Waals surface area contributed by atoms with Crippen LogP contribution in [0.3, 0.4) is 0 Å². The zero-order valence-electron chi connectivity index (χ0n) is 13.2. The van der Waals surface area contributed by atoms with Crippen molar-refractivity contribution in [3.63, 3.8) is 0 Å². The first-order valence-corrected chi connectivity index (χ1v) is 8.42. The summed E-state index contributed by atoms with van der Waals surface area (Å²) >= 11 is 1.34. The van der Waals surface area contributed by atoms with Crippen LogP contribution in [0.15, 0.2) is 53.3 Å². The van der Waals surface area contributed by atoms with Gasteiger partial charge in [-0.05, 0) is 29.8 Å². The number of pyridine rings is 1. The number of hydrogen-bond acceptors (Lipinski definition) is 5. The lowest BCUT2D eigenvalue weighted by molar-refractivity contribution is 1.15. The summed E-state index contributed by atoms with van der Waals surface area (Å²) in [4.78, 5) is 13.5. The van der Waals surface area contributed by atoms with Crippen LogP contribution in [-0.2, 0) is 0 Å². The van der Waals surface area contributed by atoms with E-state index in [1.807, 2.05) is 30.3 Å². The van der Waals surface area contributed by atoms with Crippen LogP contribution in [0.5, 0.6) is 0 Å². The Morgan fingerprint density at radius 2 is 1.54 bits per heavy atom. The predicted octanol–water partition coefficient (Wildman–Crippen LogP) is 3.80. The molecule has 0 N–H and O–H groups in total.